The van der Waals surface area contributed by atoms with Gasteiger partial charge < -0.3 is 4.98 Å². The van der Waals surface area contributed by atoms with E-state index < -0.39 is 10.0 Å². The van der Waals surface area contributed by atoms with Gasteiger partial charge in [0.25, 0.3) is 0 Å². The predicted molar refractivity (Wildman–Crippen MR) is 102 cm³/mol. The summed E-state index contributed by atoms with van der Waals surface area (Å²) in [7, 11) is -3.39. The molecule has 1 N–H and O–H groups in total. The summed E-state index contributed by atoms with van der Waals surface area (Å²) in [6.45, 7) is 10.6. The Balaban J connectivity index is 1.85. The molecule has 5 nitrogen and oxygen atoms in total. The van der Waals surface area contributed by atoms with Crippen LogP contribution in [0.25, 0.3) is 10.9 Å². The molecule has 1 saturated heterocycles. The van der Waals surface area contributed by atoms with E-state index in [-0.39, 0.29) is 0 Å². The number of H-pyrrole nitrogens is 1. The van der Waals surface area contributed by atoms with Crippen LogP contribution in [0.2, 0.25) is 0 Å². The first-order chi connectivity index (χ1) is 11.9. The Bertz CT molecular complexity index is 816. The number of fused-ring (bicyclic) bond motifs is 1. The zero-order chi connectivity index (χ0) is 18.0. The standard InChI is InChI=1S/C19H29N3O2S/c1-4-21(5-2)14-17-12-16-13-18(6-7-19(16)20-17)25(23,24)22-10-8-15(3)9-11-22/h6-7,12-13,15,20H,4-5,8-11,14H2,1-3H3. The highest BCUT2D eigenvalue weighted by Crippen LogP contribution is 2.26. The maximum absolute atomic E-state index is 12.9. The summed E-state index contributed by atoms with van der Waals surface area (Å²) in [5.41, 5.74) is 2.12. The molecule has 1 aromatic carbocycles. The van der Waals surface area contributed by atoms with Crippen molar-refractivity contribution in [2.24, 2.45) is 5.92 Å². The van der Waals surface area contributed by atoms with Crippen LogP contribution < -0.4 is 0 Å². The minimum Gasteiger partial charge on any atom is -0.357 e. The average molecular weight is 364 g/mol. The first kappa shape index (κ1) is 18.4. The number of nitrogens with zero attached hydrogens (tertiary/aromatic N) is 2. The van der Waals surface area contributed by atoms with Crippen LogP contribution in [0, 0.1) is 5.92 Å². The molecule has 1 fully saturated rings. The minimum absolute atomic E-state index is 0.406. The summed E-state index contributed by atoms with van der Waals surface area (Å²) in [6.07, 6.45) is 1.89. The number of aromatic nitrogens is 1. The molecule has 6 heteroatoms. The zero-order valence-corrected chi connectivity index (χ0v) is 16.3. The summed E-state index contributed by atoms with van der Waals surface area (Å²) < 4.78 is 27.5. The van der Waals surface area contributed by atoms with Crippen LogP contribution in [-0.4, -0.2) is 48.8 Å². The van der Waals surface area contributed by atoms with Gasteiger partial charge in [0.2, 0.25) is 10.0 Å². The number of piperidine rings is 1. The van der Waals surface area contributed by atoms with Crippen molar-refractivity contribution in [2.75, 3.05) is 26.2 Å². The molecule has 3 rings (SSSR count). The van der Waals surface area contributed by atoms with E-state index in [1.807, 2.05) is 12.1 Å². The number of rotatable bonds is 6. The van der Waals surface area contributed by atoms with Gasteiger partial charge in [0.1, 0.15) is 0 Å². The Morgan fingerprint density at radius 3 is 2.48 bits per heavy atom. The van der Waals surface area contributed by atoms with Gasteiger partial charge in [0.15, 0.2) is 0 Å². The molecular formula is C19H29N3O2S. The number of sulfonamides is 1. The highest BCUT2D eigenvalue weighted by Gasteiger charge is 2.28. The Labute approximate surface area is 151 Å². The summed E-state index contributed by atoms with van der Waals surface area (Å²) in [5.74, 6) is 0.612. The van der Waals surface area contributed by atoms with Gasteiger partial charge >= 0.3 is 0 Å². The number of hydrogen-bond acceptors (Lipinski definition) is 3. The van der Waals surface area contributed by atoms with E-state index in [9.17, 15) is 8.42 Å². The van der Waals surface area contributed by atoms with Crippen molar-refractivity contribution in [1.29, 1.82) is 0 Å². The SMILES string of the molecule is CCN(CC)Cc1cc2cc(S(=O)(=O)N3CCC(C)CC3)ccc2[nH]1. The van der Waals surface area contributed by atoms with Crippen LogP contribution in [0.3, 0.4) is 0 Å². The van der Waals surface area contributed by atoms with Gasteiger partial charge in [-0.1, -0.05) is 20.8 Å². The molecule has 0 spiro atoms. The smallest absolute Gasteiger partial charge is 0.243 e. The fourth-order valence-corrected chi connectivity index (χ4v) is 4.98. The van der Waals surface area contributed by atoms with Crippen molar-refractivity contribution in [3.8, 4) is 0 Å². The Kier molecular flexibility index (Phi) is 5.51. The van der Waals surface area contributed by atoms with Crippen LogP contribution in [-0.2, 0) is 16.6 Å². The van der Waals surface area contributed by atoms with Crippen molar-refractivity contribution in [1.82, 2.24) is 14.2 Å². The summed E-state index contributed by atoms with van der Waals surface area (Å²) in [5, 5.41) is 0.966. The van der Waals surface area contributed by atoms with Crippen molar-refractivity contribution in [3.05, 3.63) is 30.0 Å². The second-order valence-corrected chi connectivity index (χ2v) is 9.03. The van der Waals surface area contributed by atoms with Crippen LogP contribution in [0.15, 0.2) is 29.2 Å². The first-order valence-corrected chi connectivity index (χ1v) is 10.7. The molecule has 2 heterocycles. The lowest BCUT2D eigenvalue weighted by Gasteiger charge is -2.29. The molecule has 0 bridgehead atoms. The third-order valence-corrected chi connectivity index (χ3v) is 7.21. The molecule has 1 aromatic heterocycles. The van der Waals surface area contributed by atoms with Gasteiger partial charge in [0, 0.05) is 36.2 Å². The molecule has 0 amide bonds. The average Bonchev–Trinajstić information content (AvgIpc) is 3.01. The lowest BCUT2D eigenvalue weighted by molar-refractivity contribution is 0.288. The van der Waals surface area contributed by atoms with E-state index in [1.165, 1.54) is 0 Å². The number of nitrogens with one attached hydrogen (secondary N) is 1. The Hall–Kier alpha value is -1.37. The highest BCUT2D eigenvalue weighted by molar-refractivity contribution is 7.89. The molecular weight excluding hydrogens is 334 g/mol. The summed E-state index contributed by atoms with van der Waals surface area (Å²) >= 11 is 0. The highest BCUT2D eigenvalue weighted by atomic mass is 32.2. The Morgan fingerprint density at radius 2 is 1.84 bits per heavy atom. The van der Waals surface area contributed by atoms with E-state index >= 15 is 0 Å². The van der Waals surface area contributed by atoms with Gasteiger partial charge in [-0.05, 0) is 56.1 Å². The molecule has 1 aliphatic heterocycles. The first-order valence-electron chi connectivity index (χ1n) is 9.28. The topological polar surface area (TPSA) is 56.4 Å². The molecule has 0 unspecified atom stereocenters. The predicted octanol–water partition coefficient (Wildman–Crippen LogP) is 3.43. The van der Waals surface area contributed by atoms with E-state index in [0.717, 1.165) is 49.1 Å². The molecule has 1 aliphatic rings. The normalized spacial score (nSPS) is 17.6. The van der Waals surface area contributed by atoms with E-state index in [4.69, 9.17) is 0 Å². The van der Waals surface area contributed by atoms with Gasteiger partial charge in [-0.25, -0.2) is 8.42 Å². The van der Waals surface area contributed by atoms with Gasteiger partial charge in [0.05, 0.1) is 4.90 Å². The fraction of sp³-hybridized carbons (Fsp3) is 0.579. The van der Waals surface area contributed by atoms with Crippen LogP contribution in [0.5, 0.6) is 0 Å². The van der Waals surface area contributed by atoms with Crippen molar-refractivity contribution >= 4 is 20.9 Å². The fourth-order valence-electron chi connectivity index (χ4n) is 3.48. The third-order valence-electron chi connectivity index (χ3n) is 5.32. The van der Waals surface area contributed by atoms with Crippen LogP contribution in [0.4, 0.5) is 0 Å². The van der Waals surface area contributed by atoms with E-state index in [1.54, 1.807) is 10.4 Å². The molecule has 0 aliphatic carbocycles. The summed E-state index contributed by atoms with van der Waals surface area (Å²) in [4.78, 5) is 6.14. The maximum atomic E-state index is 12.9. The lowest BCUT2D eigenvalue weighted by atomic mass is 10.0. The molecule has 2 aromatic rings. The molecule has 0 saturated carbocycles. The third kappa shape index (κ3) is 3.91. The molecule has 0 atom stereocenters. The van der Waals surface area contributed by atoms with E-state index in [0.29, 0.717) is 23.9 Å². The summed E-state index contributed by atoms with van der Waals surface area (Å²) in [6, 6.07) is 7.50. The second kappa shape index (κ2) is 7.48. The molecule has 25 heavy (non-hydrogen) atoms. The number of aromatic amines is 1. The molecule has 138 valence electrons. The Morgan fingerprint density at radius 1 is 1.16 bits per heavy atom. The van der Waals surface area contributed by atoms with E-state index in [2.05, 4.69) is 36.7 Å². The second-order valence-electron chi connectivity index (χ2n) is 7.09. The number of hydrogen-bond donors (Lipinski definition) is 1. The maximum Gasteiger partial charge on any atom is 0.243 e. The zero-order valence-electron chi connectivity index (χ0n) is 15.5. The van der Waals surface area contributed by atoms with Crippen molar-refractivity contribution in [2.45, 2.75) is 45.1 Å². The monoisotopic (exact) mass is 363 g/mol. The van der Waals surface area contributed by atoms with Crippen molar-refractivity contribution in [3.63, 3.8) is 0 Å². The number of benzene rings is 1. The van der Waals surface area contributed by atoms with Crippen LogP contribution >= 0.6 is 0 Å². The quantitative estimate of drug-likeness (QED) is 0.855. The minimum atomic E-state index is -3.39. The van der Waals surface area contributed by atoms with Gasteiger partial charge in [-0.2, -0.15) is 4.31 Å². The van der Waals surface area contributed by atoms with Crippen molar-refractivity contribution < 1.29 is 8.42 Å². The van der Waals surface area contributed by atoms with Gasteiger partial charge in [-0.15, -0.1) is 0 Å². The largest absolute Gasteiger partial charge is 0.357 e. The molecule has 0 radical (unpaired) electrons. The van der Waals surface area contributed by atoms with Crippen LogP contribution in [0.1, 0.15) is 39.3 Å². The van der Waals surface area contributed by atoms with Gasteiger partial charge in [-0.3, -0.25) is 4.90 Å². The lowest BCUT2D eigenvalue weighted by Crippen LogP contribution is -2.37.